The molecule has 0 amide bonds. The van der Waals surface area contributed by atoms with Crippen LogP contribution in [0.15, 0.2) is 29.3 Å². The van der Waals surface area contributed by atoms with Gasteiger partial charge in [0.2, 0.25) is 5.78 Å². The highest BCUT2D eigenvalue weighted by molar-refractivity contribution is 7.16. The summed E-state index contributed by atoms with van der Waals surface area (Å²) in [6.07, 6.45) is 1.16. The second-order valence-corrected chi connectivity index (χ2v) is 7.54. The minimum absolute atomic E-state index is 0.253. The summed E-state index contributed by atoms with van der Waals surface area (Å²) < 4.78 is 0. The van der Waals surface area contributed by atoms with Gasteiger partial charge in [-0.05, 0) is 43.2 Å². The molecule has 1 saturated heterocycles. The minimum Gasteiger partial charge on any atom is -0.374 e. The van der Waals surface area contributed by atoms with Crippen LogP contribution >= 0.6 is 11.3 Å². The number of hydrogen-bond acceptors (Lipinski definition) is 6. The molecule has 2 aliphatic rings. The van der Waals surface area contributed by atoms with E-state index in [0.717, 1.165) is 22.5 Å². The summed E-state index contributed by atoms with van der Waals surface area (Å²) in [5.41, 5.74) is 1.30. The van der Waals surface area contributed by atoms with Crippen LogP contribution in [0.1, 0.15) is 39.7 Å². The summed E-state index contributed by atoms with van der Waals surface area (Å²) in [6, 6.07) is 9.52. The molecule has 6 heteroatoms. The molecule has 1 atom stereocenters. The summed E-state index contributed by atoms with van der Waals surface area (Å²) in [7, 11) is 0. The van der Waals surface area contributed by atoms with E-state index in [1.54, 1.807) is 6.07 Å². The number of carbonyl (C=O) groups is 1. The van der Waals surface area contributed by atoms with E-state index in [-0.39, 0.29) is 5.78 Å². The standard InChI is InChI=1S/C19H17N3O2S/c1-3-14-9-15-16(23)19(24)6-7-22(18(19)21-17(15)25-14)13-5-4-12(10-20)11(2)8-13/h4-5,8-9,24H,3,6-7H2,1-2H3/t19-/m1/s1. The Morgan fingerprint density at radius 1 is 1.44 bits per heavy atom. The van der Waals surface area contributed by atoms with E-state index in [0.29, 0.717) is 34.9 Å². The largest absolute Gasteiger partial charge is 0.374 e. The summed E-state index contributed by atoms with van der Waals surface area (Å²) >= 11 is 1.50. The average Bonchev–Trinajstić information content (AvgIpc) is 3.17. The molecule has 0 spiro atoms. The van der Waals surface area contributed by atoms with E-state index < -0.39 is 5.60 Å². The maximum atomic E-state index is 12.9. The maximum absolute atomic E-state index is 12.9. The molecule has 2 aliphatic heterocycles. The van der Waals surface area contributed by atoms with E-state index in [9.17, 15) is 9.90 Å². The first-order valence-corrected chi connectivity index (χ1v) is 9.07. The second-order valence-electron chi connectivity index (χ2n) is 6.42. The minimum atomic E-state index is -1.55. The number of aliphatic hydroxyl groups is 1. The smallest absolute Gasteiger partial charge is 0.205 e. The molecule has 0 unspecified atom stereocenters. The van der Waals surface area contributed by atoms with Crippen molar-refractivity contribution in [3.05, 3.63) is 45.8 Å². The Balaban J connectivity index is 1.82. The van der Waals surface area contributed by atoms with Crippen molar-refractivity contribution in [3.63, 3.8) is 0 Å². The van der Waals surface area contributed by atoms with Crippen LogP contribution in [0, 0.1) is 18.3 Å². The number of thiophene rings is 1. The van der Waals surface area contributed by atoms with Gasteiger partial charge in [0.15, 0.2) is 11.4 Å². The number of nitrogens with zero attached hydrogens (tertiary/aromatic N) is 3. The average molecular weight is 351 g/mol. The van der Waals surface area contributed by atoms with E-state index in [2.05, 4.69) is 11.1 Å². The number of anilines is 1. The second kappa shape index (κ2) is 5.51. The summed E-state index contributed by atoms with van der Waals surface area (Å²) in [6.45, 7) is 4.43. The number of Topliss-reactive ketones (excluding diaryl/α,β-unsaturated/α-hetero) is 1. The molecule has 0 bridgehead atoms. The van der Waals surface area contributed by atoms with E-state index >= 15 is 0 Å². The molecule has 1 aromatic heterocycles. The van der Waals surface area contributed by atoms with Gasteiger partial charge in [-0.1, -0.05) is 6.92 Å². The van der Waals surface area contributed by atoms with Crippen LogP contribution in [-0.4, -0.2) is 28.9 Å². The SMILES string of the molecule is CCc1cc2c(s1)N=C1N(c3ccc(C#N)c(C)c3)CC[C@@]1(O)C2=O. The monoisotopic (exact) mass is 351 g/mol. The number of carbonyl (C=O) groups excluding carboxylic acids is 1. The van der Waals surface area contributed by atoms with Crippen molar-refractivity contribution in [3.8, 4) is 6.07 Å². The normalized spacial score (nSPS) is 21.6. The number of amidine groups is 1. The highest BCUT2D eigenvalue weighted by Crippen LogP contribution is 2.43. The van der Waals surface area contributed by atoms with E-state index in [1.807, 2.05) is 36.9 Å². The number of benzene rings is 1. The van der Waals surface area contributed by atoms with Gasteiger partial charge in [0.1, 0.15) is 5.00 Å². The molecule has 0 radical (unpaired) electrons. The lowest BCUT2D eigenvalue weighted by molar-refractivity contribution is 0.0603. The number of fused-ring (bicyclic) bond motifs is 2. The molecule has 1 fully saturated rings. The molecule has 0 aliphatic carbocycles. The number of ketones is 1. The van der Waals surface area contributed by atoms with Crippen molar-refractivity contribution in [1.29, 1.82) is 5.26 Å². The third-order valence-corrected chi connectivity index (χ3v) is 6.08. The third kappa shape index (κ3) is 2.24. The molecule has 126 valence electrons. The van der Waals surface area contributed by atoms with Crippen LogP contribution in [0.25, 0.3) is 0 Å². The van der Waals surface area contributed by atoms with E-state index in [1.165, 1.54) is 11.3 Å². The predicted octanol–water partition coefficient (Wildman–Crippen LogP) is 3.36. The number of hydrogen-bond donors (Lipinski definition) is 1. The molecule has 2 aromatic rings. The molecule has 3 heterocycles. The van der Waals surface area contributed by atoms with Crippen LogP contribution in [0.5, 0.6) is 0 Å². The first-order chi connectivity index (χ1) is 12.0. The lowest BCUT2D eigenvalue weighted by Gasteiger charge is -2.28. The predicted molar refractivity (Wildman–Crippen MR) is 97.9 cm³/mol. The fourth-order valence-electron chi connectivity index (χ4n) is 3.45. The molecule has 4 rings (SSSR count). The molecule has 5 nitrogen and oxygen atoms in total. The van der Waals surface area contributed by atoms with Gasteiger partial charge in [-0.15, -0.1) is 11.3 Å². The summed E-state index contributed by atoms with van der Waals surface area (Å²) in [4.78, 5) is 20.5. The van der Waals surface area contributed by atoms with Crippen LogP contribution in [0.3, 0.4) is 0 Å². The molecule has 25 heavy (non-hydrogen) atoms. The van der Waals surface area contributed by atoms with Gasteiger partial charge >= 0.3 is 0 Å². The van der Waals surface area contributed by atoms with Crippen LogP contribution in [-0.2, 0) is 6.42 Å². The Kier molecular flexibility index (Phi) is 3.53. The van der Waals surface area contributed by atoms with Gasteiger partial charge in [0, 0.05) is 23.5 Å². The Morgan fingerprint density at radius 3 is 2.92 bits per heavy atom. The van der Waals surface area contributed by atoms with Gasteiger partial charge < -0.3 is 10.0 Å². The van der Waals surface area contributed by atoms with Gasteiger partial charge in [-0.25, -0.2) is 4.99 Å². The zero-order valence-corrected chi connectivity index (χ0v) is 14.9. The van der Waals surface area contributed by atoms with Crippen molar-refractivity contribution in [1.82, 2.24) is 0 Å². The lowest BCUT2D eigenvalue weighted by atomic mass is 9.89. The van der Waals surface area contributed by atoms with Crippen molar-refractivity contribution in [2.45, 2.75) is 32.3 Å². The number of aryl methyl sites for hydroxylation is 2. The highest BCUT2D eigenvalue weighted by Gasteiger charge is 2.52. The van der Waals surface area contributed by atoms with Crippen LogP contribution in [0.2, 0.25) is 0 Å². The fourth-order valence-corrected chi connectivity index (χ4v) is 4.41. The van der Waals surface area contributed by atoms with Crippen molar-refractivity contribution >= 4 is 33.6 Å². The topological polar surface area (TPSA) is 76.7 Å². The van der Waals surface area contributed by atoms with Crippen molar-refractivity contribution < 1.29 is 9.90 Å². The quantitative estimate of drug-likeness (QED) is 0.900. The van der Waals surface area contributed by atoms with Crippen molar-refractivity contribution in [2.24, 2.45) is 4.99 Å². The summed E-state index contributed by atoms with van der Waals surface area (Å²) in [5, 5.41) is 20.8. The lowest BCUT2D eigenvalue weighted by Crippen LogP contribution is -2.48. The number of rotatable bonds is 2. The number of aliphatic imine (C=N–C) groups is 1. The first kappa shape index (κ1) is 16.0. The molecular weight excluding hydrogens is 334 g/mol. The maximum Gasteiger partial charge on any atom is 0.205 e. The Morgan fingerprint density at radius 2 is 2.24 bits per heavy atom. The van der Waals surface area contributed by atoms with Crippen LogP contribution in [0.4, 0.5) is 10.7 Å². The molecular formula is C19H17N3O2S. The third-order valence-electron chi connectivity index (χ3n) is 4.90. The highest BCUT2D eigenvalue weighted by atomic mass is 32.1. The zero-order valence-electron chi connectivity index (χ0n) is 14.0. The molecule has 1 N–H and O–H groups in total. The zero-order chi connectivity index (χ0) is 17.8. The van der Waals surface area contributed by atoms with Gasteiger partial charge in [0.05, 0.1) is 17.2 Å². The van der Waals surface area contributed by atoms with Crippen LogP contribution < -0.4 is 4.90 Å². The Labute approximate surface area is 149 Å². The fraction of sp³-hybridized carbons (Fsp3) is 0.316. The van der Waals surface area contributed by atoms with E-state index in [4.69, 9.17) is 5.26 Å². The Hall–Kier alpha value is -2.49. The van der Waals surface area contributed by atoms with Gasteiger partial charge in [0.25, 0.3) is 0 Å². The first-order valence-electron chi connectivity index (χ1n) is 8.25. The van der Waals surface area contributed by atoms with Crippen molar-refractivity contribution in [2.75, 3.05) is 11.4 Å². The molecule has 0 saturated carbocycles. The Bertz CT molecular complexity index is 970. The molecule has 1 aromatic carbocycles. The number of nitriles is 1. The van der Waals surface area contributed by atoms with Gasteiger partial charge in [-0.2, -0.15) is 5.26 Å². The van der Waals surface area contributed by atoms with Gasteiger partial charge in [-0.3, -0.25) is 4.79 Å². The summed E-state index contributed by atoms with van der Waals surface area (Å²) in [5.74, 6) is 0.148.